The van der Waals surface area contributed by atoms with Crippen molar-refractivity contribution in [2.24, 2.45) is 5.41 Å². The Morgan fingerprint density at radius 2 is 2.30 bits per heavy atom. The molecule has 114 valence electrons. The van der Waals surface area contributed by atoms with Crippen molar-refractivity contribution in [3.8, 4) is 0 Å². The Balaban J connectivity index is 2.02. The van der Waals surface area contributed by atoms with E-state index in [9.17, 15) is 13.6 Å². The third-order valence-corrected chi connectivity index (χ3v) is 4.02. The summed E-state index contributed by atoms with van der Waals surface area (Å²) in [5.41, 5.74) is -0.809. The molecule has 4 nitrogen and oxygen atoms in total. The van der Waals surface area contributed by atoms with Gasteiger partial charge in [-0.15, -0.1) is 0 Å². The Morgan fingerprint density at radius 1 is 1.60 bits per heavy atom. The highest BCUT2D eigenvalue weighted by atomic mass is 19.3. The van der Waals surface area contributed by atoms with E-state index in [0.29, 0.717) is 13.0 Å². The van der Waals surface area contributed by atoms with Crippen LogP contribution in [0.4, 0.5) is 8.78 Å². The van der Waals surface area contributed by atoms with Crippen LogP contribution in [0.2, 0.25) is 0 Å². The average molecular weight is 288 g/mol. The van der Waals surface area contributed by atoms with Crippen LogP contribution in [0, 0.1) is 5.41 Å². The number of rotatable bonds is 5. The lowest BCUT2D eigenvalue weighted by Crippen LogP contribution is -2.50. The number of hydrogen-bond donors (Lipinski definition) is 1. The quantitative estimate of drug-likeness (QED) is 0.614. The molecule has 0 amide bonds. The molecule has 2 aliphatic rings. The first-order chi connectivity index (χ1) is 9.28. The molecule has 2 atom stereocenters. The van der Waals surface area contributed by atoms with Gasteiger partial charge < -0.3 is 10.1 Å². The predicted octanol–water partition coefficient (Wildman–Crippen LogP) is 1.42. The zero-order chi connectivity index (χ0) is 15.0. The van der Waals surface area contributed by atoms with E-state index in [-0.39, 0.29) is 31.7 Å². The van der Waals surface area contributed by atoms with Crippen molar-refractivity contribution in [1.82, 2.24) is 10.2 Å². The summed E-state index contributed by atoms with van der Waals surface area (Å²) in [6, 6.07) is -0.987. The average Bonchev–Trinajstić information content (AvgIpc) is 2.88. The SMILES string of the molecule is C=CCOC(=O)C(C)(C)CN1CCC2NCC(F)(F)C21. The zero-order valence-corrected chi connectivity index (χ0v) is 12.0. The monoisotopic (exact) mass is 288 g/mol. The number of carbonyl (C=O) groups is 1. The second-order valence-corrected chi connectivity index (χ2v) is 6.22. The molecule has 2 aliphatic heterocycles. The highest BCUT2D eigenvalue weighted by Gasteiger charge is 2.56. The van der Waals surface area contributed by atoms with E-state index in [1.807, 2.05) is 0 Å². The van der Waals surface area contributed by atoms with Gasteiger partial charge in [0.2, 0.25) is 0 Å². The summed E-state index contributed by atoms with van der Waals surface area (Å²) in [6.45, 7) is 7.67. The predicted molar refractivity (Wildman–Crippen MR) is 71.7 cm³/mol. The van der Waals surface area contributed by atoms with Crippen LogP contribution in [0.5, 0.6) is 0 Å². The van der Waals surface area contributed by atoms with E-state index in [4.69, 9.17) is 4.74 Å². The first-order valence-corrected chi connectivity index (χ1v) is 6.91. The minimum atomic E-state index is -2.73. The maximum Gasteiger partial charge on any atom is 0.313 e. The van der Waals surface area contributed by atoms with Crippen molar-refractivity contribution < 1.29 is 18.3 Å². The highest BCUT2D eigenvalue weighted by molar-refractivity contribution is 5.76. The summed E-state index contributed by atoms with van der Waals surface area (Å²) >= 11 is 0. The van der Waals surface area contributed by atoms with Crippen molar-refractivity contribution >= 4 is 5.97 Å². The largest absolute Gasteiger partial charge is 0.461 e. The van der Waals surface area contributed by atoms with E-state index in [2.05, 4.69) is 11.9 Å². The summed E-state index contributed by atoms with van der Waals surface area (Å²) in [5.74, 6) is -3.11. The van der Waals surface area contributed by atoms with Gasteiger partial charge in [0.25, 0.3) is 5.92 Å². The minimum Gasteiger partial charge on any atom is -0.461 e. The molecular formula is C14H22F2N2O2. The fourth-order valence-electron chi connectivity index (χ4n) is 3.08. The lowest BCUT2D eigenvalue weighted by atomic mass is 9.92. The van der Waals surface area contributed by atoms with Crippen molar-refractivity contribution in [3.05, 3.63) is 12.7 Å². The van der Waals surface area contributed by atoms with E-state index >= 15 is 0 Å². The molecule has 2 unspecified atom stereocenters. The van der Waals surface area contributed by atoms with Crippen LogP contribution in [0.3, 0.4) is 0 Å². The van der Waals surface area contributed by atoms with Gasteiger partial charge in [0.1, 0.15) is 6.61 Å². The molecule has 0 radical (unpaired) electrons. The molecule has 0 aromatic carbocycles. The minimum absolute atomic E-state index is 0.145. The van der Waals surface area contributed by atoms with E-state index in [1.165, 1.54) is 6.08 Å². The smallest absolute Gasteiger partial charge is 0.313 e. The maximum absolute atomic E-state index is 13.9. The molecule has 0 aromatic rings. The van der Waals surface area contributed by atoms with Crippen LogP contribution in [0.1, 0.15) is 20.3 Å². The van der Waals surface area contributed by atoms with Crippen molar-refractivity contribution in [2.45, 2.75) is 38.3 Å². The van der Waals surface area contributed by atoms with Crippen LogP contribution in [0.25, 0.3) is 0 Å². The normalized spacial score (nSPS) is 29.2. The van der Waals surface area contributed by atoms with Gasteiger partial charge in [0.15, 0.2) is 0 Å². The molecule has 1 N–H and O–H groups in total. The molecule has 2 fully saturated rings. The number of esters is 1. The third kappa shape index (κ3) is 2.86. The first kappa shape index (κ1) is 15.4. The van der Waals surface area contributed by atoms with Crippen LogP contribution in [-0.4, -0.2) is 55.1 Å². The Hall–Kier alpha value is -1.01. The van der Waals surface area contributed by atoms with Crippen LogP contribution in [0.15, 0.2) is 12.7 Å². The third-order valence-electron chi connectivity index (χ3n) is 4.02. The van der Waals surface area contributed by atoms with Crippen LogP contribution in [-0.2, 0) is 9.53 Å². The number of likely N-dealkylation sites (tertiary alicyclic amines) is 1. The zero-order valence-electron chi connectivity index (χ0n) is 12.0. The van der Waals surface area contributed by atoms with E-state index < -0.39 is 17.4 Å². The Morgan fingerprint density at radius 3 is 2.95 bits per heavy atom. The molecule has 2 heterocycles. The van der Waals surface area contributed by atoms with Gasteiger partial charge in [-0.25, -0.2) is 8.78 Å². The molecule has 0 aliphatic carbocycles. The number of carbonyl (C=O) groups excluding carboxylic acids is 1. The van der Waals surface area contributed by atoms with Gasteiger partial charge in [-0.1, -0.05) is 12.7 Å². The van der Waals surface area contributed by atoms with Gasteiger partial charge in [0.05, 0.1) is 18.0 Å². The fraction of sp³-hybridized carbons (Fsp3) is 0.786. The first-order valence-electron chi connectivity index (χ1n) is 6.91. The van der Waals surface area contributed by atoms with E-state index in [0.717, 1.165) is 0 Å². The van der Waals surface area contributed by atoms with Crippen LogP contribution < -0.4 is 5.32 Å². The number of halogens is 2. The van der Waals surface area contributed by atoms with Gasteiger partial charge >= 0.3 is 5.97 Å². The topological polar surface area (TPSA) is 41.6 Å². The summed E-state index contributed by atoms with van der Waals surface area (Å²) in [4.78, 5) is 13.7. The number of nitrogens with zero attached hydrogens (tertiary/aromatic N) is 1. The Labute approximate surface area is 118 Å². The summed E-state index contributed by atoms with van der Waals surface area (Å²) < 4.78 is 32.8. The lowest BCUT2D eigenvalue weighted by molar-refractivity contribution is -0.154. The molecule has 0 aromatic heterocycles. The second-order valence-electron chi connectivity index (χ2n) is 6.22. The van der Waals surface area contributed by atoms with E-state index in [1.54, 1.807) is 18.7 Å². The molecule has 2 saturated heterocycles. The van der Waals surface area contributed by atoms with Gasteiger partial charge in [-0.3, -0.25) is 9.69 Å². The maximum atomic E-state index is 13.9. The van der Waals surface area contributed by atoms with Crippen LogP contribution >= 0.6 is 0 Å². The van der Waals surface area contributed by atoms with Crippen molar-refractivity contribution in [1.29, 1.82) is 0 Å². The number of alkyl halides is 2. The Kier molecular flexibility index (Phi) is 4.16. The second kappa shape index (κ2) is 5.41. The summed E-state index contributed by atoms with van der Waals surface area (Å²) in [6.07, 6.45) is 2.19. The molecule has 6 heteroatoms. The van der Waals surface area contributed by atoms with Crippen molar-refractivity contribution in [3.63, 3.8) is 0 Å². The van der Waals surface area contributed by atoms with Crippen molar-refractivity contribution in [2.75, 3.05) is 26.2 Å². The molecule has 2 rings (SSSR count). The highest BCUT2D eigenvalue weighted by Crippen LogP contribution is 2.37. The molecular weight excluding hydrogens is 266 g/mol. The summed E-state index contributed by atoms with van der Waals surface area (Å²) in [5, 5.41) is 2.87. The Bertz CT molecular complexity index is 399. The molecule has 0 spiro atoms. The number of hydrogen-bond acceptors (Lipinski definition) is 4. The standard InChI is InChI=1S/C14H22F2N2O2/c1-4-7-20-12(19)13(2,3)9-18-6-5-10-11(18)14(15,16)8-17-10/h4,10-11,17H,1,5-9H2,2-3H3. The van der Waals surface area contributed by atoms with Gasteiger partial charge in [-0.2, -0.15) is 0 Å². The summed E-state index contributed by atoms with van der Waals surface area (Å²) in [7, 11) is 0. The molecule has 0 bridgehead atoms. The number of fused-ring (bicyclic) bond motifs is 1. The number of nitrogens with one attached hydrogen (secondary N) is 1. The molecule has 0 saturated carbocycles. The number of ether oxygens (including phenoxy) is 1. The molecule has 20 heavy (non-hydrogen) atoms. The fourth-order valence-corrected chi connectivity index (χ4v) is 3.08. The lowest BCUT2D eigenvalue weighted by Gasteiger charge is -2.33. The van der Waals surface area contributed by atoms with Gasteiger partial charge in [-0.05, 0) is 20.3 Å². The van der Waals surface area contributed by atoms with Gasteiger partial charge in [0, 0.05) is 19.1 Å².